The van der Waals surface area contributed by atoms with Crippen molar-refractivity contribution in [2.75, 3.05) is 32.1 Å². The lowest BCUT2D eigenvalue weighted by Crippen LogP contribution is -2.36. The van der Waals surface area contributed by atoms with E-state index in [9.17, 15) is 0 Å². The Balaban J connectivity index is 1.93. The van der Waals surface area contributed by atoms with Gasteiger partial charge in [0.15, 0.2) is 0 Å². The highest BCUT2D eigenvalue weighted by atomic mass is 15.1. The summed E-state index contributed by atoms with van der Waals surface area (Å²) in [4.78, 5) is 4.78. The van der Waals surface area contributed by atoms with E-state index in [-0.39, 0.29) is 0 Å². The number of benzene rings is 1. The molecule has 1 aliphatic rings. The van der Waals surface area contributed by atoms with Crippen molar-refractivity contribution in [2.45, 2.75) is 33.2 Å². The Kier molecular flexibility index (Phi) is 4.87. The molecular formula is C17H28N2. The number of hydrogen-bond donors (Lipinski definition) is 0. The third-order valence-corrected chi connectivity index (χ3v) is 4.34. The van der Waals surface area contributed by atoms with E-state index in [1.165, 1.54) is 37.2 Å². The highest BCUT2D eigenvalue weighted by Crippen LogP contribution is 2.24. The Hall–Kier alpha value is -1.02. The van der Waals surface area contributed by atoms with Gasteiger partial charge in [0.05, 0.1) is 0 Å². The van der Waals surface area contributed by atoms with Crippen molar-refractivity contribution in [3.05, 3.63) is 29.8 Å². The highest BCUT2D eigenvalue weighted by Gasteiger charge is 2.22. The van der Waals surface area contributed by atoms with Crippen molar-refractivity contribution in [3.63, 3.8) is 0 Å². The maximum absolute atomic E-state index is 2.62. The van der Waals surface area contributed by atoms with Crippen LogP contribution < -0.4 is 4.90 Å². The minimum absolute atomic E-state index is 0.818. The molecule has 0 unspecified atom stereocenters. The van der Waals surface area contributed by atoms with Crippen LogP contribution in [0, 0.1) is 11.8 Å². The van der Waals surface area contributed by atoms with Crippen molar-refractivity contribution < 1.29 is 0 Å². The Morgan fingerprint density at radius 2 is 1.89 bits per heavy atom. The predicted molar refractivity (Wildman–Crippen MR) is 83.6 cm³/mol. The van der Waals surface area contributed by atoms with E-state index in [0.29, 0.717) is 0 Å². The standard InChI is InChI=1S/C17H28N2/c1-14(2)16-6-5-11-19(13-16)12-15-7-9-17(10-8-15)18(3)4/h7-10,14,16H,5-6,11-13H2,1-4H3/t16-/m0/s1. The van der Waals surface area contributed by atoms with Crippen LogP contribution in [0.25, 0.3) is 0 Å². The van der Waals surface area contributed by atoms with Crippen molar-refractivity contribution in [2.24, 2.45) is 11.8 Å². The molecule has 1 atom stereocenters. The number of rotatable bonds is 4. The summed E-state index contributed by atoms with van der Waals surface area (Å²) in [5.41, 5.74) is 2.72. The molecule has 2 rings (SSSR count). The zero-order valence-electron chi connectivity index (χ0n) is 12.9. The third-order valence-electron chi connectivity index (χ3n) is 4.34. The molecule has 1 fully saturated rings. The summed E-state index contributed by atoms with van der Waals surface area (Å²) in [7, 11) is 4.18. The van der Waals surface area contributed by atoms with Gasteiger partial charge in [0.1, 0.15) is 0 Å². The summed E-state index contributed by atoms with van der Waals surface area (Å²) >= 11 is 0. The van der Waals surface area contributed by atoms with Crippen LogP contribution in [0.3, 0.4) is 0 Å². The van der Waals surface area contributed by atoms with Gasteiger partial charge in [-0.05, 0) is 48.9 Å². The molecule has 0 aliphatic carbocycles. The maximum Gasteiger partial charge on any atom is 0.0361 e. The first kappa shape index (κ1) is 14.4. The largest absolute Gasteiger partial charge is 0.378 e. The van der Waals surface area contributed by atoms with Crippen LogP contribution in [0.4, 0.5) is 5.69 Å². The van der Waals surface area contributed by atoms with Crippen molar-refractivity contribution >= 4 is 5.69 Å². The predicted octanol–water partition coefficient (Wildman–Crippen LogP) is 3.62. The topological polar surface area (TPSA) is 6.48 Å². The van der Waals surface area contributed by atoms with E-state index in [4.69, 9.17) is 0 Å². The minimum atomic E-state index is 0.818. The molecule has 0 radical (unpaired) electrons. The molecule has 0 saturated carbocycles. The SMILES string of the molecule is CC(C)[C@H]1CCCN(Cc2ccc(N(C)C)cc2)C1. The maximum atomic E-state index is 2.62. The Morgan fingerprint density at radius 3 is 2.47 bits per heavy atom. The molecule has 19 heavy (non-hydrogen) atoms. The van der Waals surface area contributed by atoms with Crippen molar-refractivity contribution in [1.82, 2.24) is 4.90 Å². The molecule has 0 bridgehead atoms. The number of anilines is 1. The number of hydrogen-bond acceptors (Lipinski definition) is 2. The van der Waals surface area contributed by atoms with Crippen molar-refractivity contribution in [1.29, 1.82) is 0 Å². The second kappa shape index (κ2) is 6.42. The van der Waals surface area contributed by atoms with Gasteiger partial charge in [-0.3, -0.25) is 4.90 Å². The average molecular weight is 260 g/mol. The van der Waals surface area contributed by atoms with E-state index in [1.807, 2.05) is 0 Å². The summed E-state index contributed by atoms with van der Waals surface area (Å²) in [6.07, 6.45) is 2.77. The van der Waals surface area contributed by atoms with E-state index in [1.54, 1.807) is 0 Å². The average Bonchev–Trinajstić information content (AvgIpc) is 2.39. The molecule has 1 aliphatic heterocycles. The molecule has 2 nitrogen and oxygen atoms in total. The molecule has 1 aromatic carbocycles. The van der Waals surface area contributed by atoms with E-state index in [0.717, 1.165) is 18.4 Å². The lowest BCUT2D eigenvalue weighted by molar-refractivity contribution is 0.139. The second-order valence-corrected chi connectivity index (χ2v) is 6.44. The zero-order valence-corrected chi connectivity index (χ0v) is 12.9. The van der Waals surface area contributed by atoms with Gasteiger partial charge in [0.25, 0.3) is 0 Å². The van der Waals surface area contributed by atoms with Crippen LogP contribution in [0.2, 0.25) is 0 Å². The molecule has 0 aromatic heterocycles. The molecule has 1 heterocycles. The fourth-order valence-corrected chi connectivity index (χ4v) is 2.94. The van der Waals surface area contributed by atoms with Gasteiger partial charge in [0.2, 0.25) is 0 Å². The van der Waals surface area contributed by atoms with Crippen molar-refractivity contribution in [3.8, 4) is 0 Å². The first-order chi connectivity index (χ1) is 9.06. The molecule has 0 spiro atoms. The molecule has 106 valence electrons. The van der Waals surface area contributed by atoms with Crippen LogP contribution in [0.15, 0.2) is 24.3 Å². The van der Waals surface area contributed by atoms with Crippen LogP contribution >= 0.6 is 0 Å². The van der Waals surface area contributed by atoms with Gasteiger partial charge < -0.3 is 4.90 Å². The number of nitrogens with zero attached hydrogens (tertiary/aromatic N) is 2. The lowest BCUT2D eigenvalue weighted by atomic mass is 9.88. The van der Waals surface area contributed by atoms with E-state index >= 15 is 0 Å². The van der Waals surface area contributed by atoms with Gasteiger partial charge in [-0.15, -0.1) is 0 Å². The normalized spacial score (nSPS) is 20.8. The molecule has 0 amide bonds. The van der Waals surface area contributed by atoms with Gasteiger partial charge >= 0.3 is 0 Å². The first-order valence-corrected chi connectivity index (χ1v) is 7.55. The summed E-state index contributed by atoms with van der Waals surface area (Å²) in [6, 6.07) is 8.99. The summed E-state index contributed by atoms with van der Waals surface area (Å²) in [6.45, 7) is 8.36. The van der Waals surface area contributed by atoms with Crippen LogP contribution in [0.5, 0.6) is 0 Å². The van der Waals surface area contributed by atoms with E-state index in [2.05, 4.69) is 62.0 Å². The minimum Gasteiger partial charge on any atom is -0.378 e. The van der Waals surface area contributed by atoms with Gasteiger partial charge in [-0.25, -0.2) is 0 Å². The third kappa shape index (κ3) is 3.97. The Bertz CT molecular complexity index is 381. The number of likely N-dealkylation sites (tertiary alicyclic amines) is 1. The molecular weight excluding hydrogens is 232 g/mol. The Morgan fingerprint density at radius 1 is 1.21 bits per heavy atom. The summed E-state index contributed by atoms with van der Waals surface area (Å²) in [5.74, 6) is 1.70. The van der Waals surface area contributed by atoms with Gasteiger partial charge in [0, 0.05) is 32.9 Å². The zero-order chi connectivity index (χ0) is 13.8. The van der Waals surface area contributed by atoms with E-state index < -0.39 is 0 Å². The lowest BCUT2D eigenvalue weighted by Gasteiger charge is -2.34. The van der Waals surface area contributed by atoms with Gasteiger partial charge in [-0.1, -0.05) is 26.0 Å². The smallest absolute Gasteiger partial charge is 0.0361 e. The highest BCUT2D eigenvalue weighted by molar-refractivity contribution is 5.45. The fraction of sp³-hybridized carbons (Fsp3) is 0.647. The molecule has 1 aromatic rings. The van der Waals surface area contributed by atoms with Crippen LogP contribution in [0.1, 0.15) is 32.3 Å². The first-order valence-electron chi connectivity index (χ1n) is 7.55. The van der Waals surface area contributed by atoms with Crippen LogP contribution in [-0.2, 0) is 6.54 Å². The fourth-order valence-electron chi connectivity index (χ4n) is 2.94. The Labute approximate surface area is 118 Å². The van der Waals surface area contributed by atoms with Gasteiger partial charge in [-0.2, -0.15) is 0 Å². The summed E-state index contributed by atoms with van der Waals surface area (Å²) in [5, 5.41) is 0. The molecule has 2 heteroatoms. The second-order valence-electron chi connectivity index (χ2n) is 6.44. The number of piperidine rings is 1. The molecule has 1 saturated heterocycles. The summed E-state index contributed by atoms with van der Waals surface area (Å²) < 4.78 is 0. The quantitative estimate of drug-likeness (QED) is 0.816. The molecule has 0 N–H and O–H groups in total. The monoisotopic (exact) mass is 260 g/mol. The van der Waals surface area contributed by atoms with Crippen LogP contribution in [-0.4, -0.2) is 32.1 Å².